The number of para-hydroxylation sites is 2. The van der Waals surface area contributed by atoms with Crippen molar-refractivity contribution in [2.24, 2.45) is 4.99 Å². The molecule has 0 unspecified atom stereocenters. The number of likely N-dealkylation sites (tertiary alicyclic amines) is 1. The highest BCUT2D eigenvalue weighted by Gasteiger charge is 2.42. The van der Waals surface area contributed by atoms with Crippen molar-refractivity contribution in [2.45, 2.75) is 18.5 Å². The second-order valence-electron chi connectivity index (χ2n) is 6.93. The number of nitrogens with zero attached hydrogens (tertiary/aromatic N) is 2. The highest BCUT2D eigenvalue weighted by atomic mass is 16.5. The third kappa shape index (κ3) is 3.43. The van der Waals surface area contributed by atoms with Crippen molar-refractivity contribution in [2.75, 3.05) is 25.5 Å². The van der Waals surface area contributed by atoms with Crippen molar-refractivity contribution < 1.29 is 14.3 Å². The second-order valence-corrected chi connectivity index (χ2v) is 6.93. The van der Waals surface area contributed by atoms with Crippen LogP contribution in [0, 0.1) is 0 Å². The van der Waals surface area contributed by atoms with Gasteiger partial charge in [0.25, 0.3) is 5.91 Å². The number of ether oxygens (including phenoxy) is 1. The van der Waals surface area contributed by atoms with Crippen molar-refractivity contribution in [1.29, 1.82) is 0 Å². The number of methoxy groups -OCH3 is 1. The van der Waals surface area contributed by atoms with Gasteiger partial charge in [0, 0.05) is 31.5 Å². The van der Waals surface area contributed by atoms with Crippen molar-refractivity contribution in [3.05, 3.63) is 60.2 Å². The van der Waals surface area contributed by atoms with Crippen LogP contribution in [0.25, 0.3) is 0 Å². The zero-order chi connectivity index (χ0) is 19.6. The Labute approximate surface area is 163 Å². The van der Waals surface area contributed by atoms with Gasteiger partial charge in [-0.15, -0.1) is 0 Å². The number of amides is 3. The Balaban J connectivity index is 1.43. The molecule has 1 saturated heterocycles. The van der Waals surface area contributed by atoms with Crippen LogP contribution in [0.1, 0.15) is 18.4 Å². The maximum Gasteiger partial charge on any atom is 0.321 e. The van der Waals surface area contributed by atoms with Crippen molar-refractivity contribution in [3.63, 3.8) is 0 Å². The summed E-state index contributed by atoms with van der Waals surface area (Å²) in [4.78, 5) is 31.5. The molecule has 2 aromatic rings. The summed E-state index contributed by atoms with van der Waals surface area (Å²) in [5.41, 5.74) is 1.29. The lowest BCUT2D eigenvalue weighted by molar-refractivity contribution is -0.115. The van der Waals surface area contributed by atoms with Crippen LogP contribution < -0.4 is 15.4 Å². The summed E-state index contributed by atoms with van der Waals surface area (Å²) in [6, 6.07) is 16.6. The van der Waals surface area contributed by atoms with Gasteiger partial charge in [-0.05, 0) is 12.1 Å². The fourth-order valence-corrected chi connectivity index (χ4v) is 3.61. The number of hydrogen-bond acceptors (Lipinski definition) is 4. The topological polar surface area (TPSA) is 83.0 Å². The fourth-order valence-electron chi connectivity index (χ4n) is 3.61. The summed E-state index contributed by atoms with van der Waals surface area (Å²) in [6.07, 6.45) is 1.16. The van der Waals surface area contributed by atoms with Crippen LogP contribution in [0.3, 0.4) is 0 Å². The third-order valence-corrected chi connectivity index (χ3v) is 5.16. The van der Waals surface area contributed by atoms with Crippen molar-refractivity contribution in [1.82, 2.24) is 10.2 Å². The van der Waals surface area contributed by atoms with Crippen LogP contribution in [0.15, 0.2) is 59.6 Å². The van der Waals surface area contributed by atoms with Crippen molar-refractivity contribution >= 4 is 23.3 Å². The molecular formula is C21H22N4O3. The molecule has 1 fully saturated rings. The van der Waals surface area contributed by atoms with Gasteiger partial charge in [-0.25, -0.2) is 4.79 Å². The molecule has 7 nitrogen and oxygen atoms in total. The molecule has 144 valence electrons. The lowest BCUT2D eigenvalue weighted by Gasteiger charge is -2.37. The van der Waals surface area contributed by atoms with Gasteiger partial charge in [0.15, 0.2) is 0 Å². The average molecular weight is 378 g/mol. The molecule has 7 heteroatoms. The summed E-state index contributed by atoms with van der Waals surface area (Å²) >= 11 is 0. The first-order valence-electron chi connectivity index (χ1n) is 9.27. The van der Waals surface area contributed by atoms with Crippen LogP contribution in [0.4, 0.5) is 10.5 Å². The number of aliphatic imine (C=N–C) groups is 1. The van der Waals surface area contributed by atoms with E-state index in [4.69, 9.17) is 9.73 Å². The first kappa shape index (κ1) is 18.0. The van der Waals surface area contributed by atoms with E-state index in [0.717, 1.165) is 5.56 Å². The molecule has 0 bridgehead atoms. The molecule has 28 heavy (non-hydrogen) atoms. The van der Waals surface area contributed by atoms with E-state index < -0.39 is 5.66 Å². The van der Waals surface area contributed by atoms with E-state index in [-0.39, 0.29) is 11.9 Å². The molecule has 2 N–H and O–H groups in total. The quantitative estimate of drug-likeness (QED) is 0.861. The molecule has 0 atom stereocenters. The molecule has 0 aliphatic carbocycles. The normalized spacial score (nSPS) is 17.8. The van der Waals surface area contributed by atoms with Gasteiger partial charge in [0.05, 0.1) is 12.8 Å². The molecule has 0 saturated carbocycles. The monoisotopic (exact) mass is 378 g/mol. The van der Waals surface area contributed by atoms with Crippen LogP contribution in [0.2, 0.25) is 0 Å². The van der Waals surface area contributed by atoms with Gasteiger partial charge >= 0.3 is 6.03 Å². The standard InChI is InChI=1S/C21H22N4O3/c1-28-17-10-6-5-9-16(17)22-20(27)25-13-11-21(12-14-25)23-18(19(26)24-21)15-7-3-2-4-8-15/h2-10H,11-14H2,1H3,(H,22,27)(H,24,26). The van der Waals surface area contributed by atoms with E-state index in [1.165, 1.54) is 0 Å². The van der Waals surface area contributed by atoms with Gasteiger partial charge in [0.2, 0.25) is 0 Å². The number of hydrogen-bond donors (Lipinski definition) is 2. The van der Waals surface area contributed by atoms with Gasteiger partial charge in [-0.3, -0.25) is 9.79 Å². The Morgan fingerprint density at radius 1 is 1.11 bits per heavy atom. The van der Waals surface area contributed by atoms with Crippen LogP contribution in [-0.2, 0) is 4.79 Å². The summed E-state index contributed by atoms with van der Waals surface area (Å²) in [5, 5.41) is 5.92. The highest BCUT2D eigenvalue weighted by molar-refractivity contribution is 6.46. The lowest BCUT2D eigenvalue weighted by atomic mass is 9.98. The summed E-state index contributed by atoms with van der Waals surface area (Å²) in [5.74, 6) is 0.461. The summed E-state index contributed by atoms with van der Waals surface area (Å²) < 4.78 is 5.28. The number of piperidine rings is 1. The number of carbonyl (C=O) groups is 2. The Kier molecular flexibility index (Phi) is 4.73. The molecule has 2 heterocycles. The summed E-state index contributed by atoms with van der Waals surface area (Å²) in [7, 11) is 1.57. The Hall–Kier alpha value is -3.35. The Bertz CT molecular complexity index is 918. The van der Waals surface area contributed by atoms with Gasteiger partial charge in [0.1, 0.15) is 17.1 Å². The number of anilines is 1. The maximum absolute atomic E-state index is 12.6. The number of carbonyl (C=O) groups excluding carboxylic acids is 2. The van der Waals surface area contributed by atoms with Crippen LogP contribution in [0.5, 0.6) is 5.75 Å². The van der Waals surface area contributed by atoms with E-state index in [1.54, 1.807) is 24.1 Å². The Morgan fingerprint density at radius 3 is 2.50 bits per heavy atom. The molecule has 2 aliphatic heterocycles. The zero-order valence-corrected chi connectivity index (χ0v) is 15.6. The second kappa shape index (κ2) is 7.34. The Morgan fingerprint density at radius 2 is 1.79 bits per heavy atom. The first-order chi connectivity index (χ1) is 13.6. The third-order valence-electron chi connectivity index (χ3n) is 5.16. The van der Waals surface area contributed by atoms with E-state index in [1.807, 2.05) is 42.5 Å². The van der Waals surface area contributed by atoms with E-state index in [9.17, 15) is 9.59 Å². The molecule has 2 aliphatic rings. The number of rotatable bonds is 3. The maximum atomic E-state index is 12.6. The molecule has 0 radical (unpaired) electrons. The molecular weight excluding hydrogens is 356 g/mol. The van der Waals surface area contributed by atoms with Gasteiger partial charge in [-0.2, -0.15) is 0 Å². The first-order valence-corrected chi connectivity index (χ1v) is 9.27. The summed E-state index contributed by atoms with van der Waals surface area (Å²) in [6.45, 7) is 1.01. The van der Waals surface area contributed by atoms with Gasteiger partial charge in [-0.1, -0.05) is 42.5 Å². The number of nitrogens with one attached hydrogen (secondary N) is 2. The zero-order valence-electron chi connectivity index (χ0n) is 15.6. The SMILES string of the molecule is COc1ccccc1NC(=O)N1CCC2(CC1)N=C(c1ccccc1)C(=O)N2. The smallest absolute Gasteiger partial charge is 0.321 e. The fraction of sp³-hybridized carbons (Fsp3) is 0.286. The molecule has 2 aromatic carbocycles. The minimum absolute atomic E-state index is 0.155. The molecule has 0 aromatic heterocycles. The molecule has 1 spiro atoms. The lowest BCUT2D eigenvalue weighted by Crippen LogP contribution is -2.53. The highest BCUT2D eigenvalue weighted by Crippen LogP contribution is 2.30. The average Bonchev–Trinajstić information content (AvgIpc) is 3.05. The largest absolute Gasteiger partial charge is 0.495 e. The van der Waals surface area contributed by atoms with Crippen LogP contribution >= 0.6 is 0 Å². The number of benzene rings is 2. The van der Waals surface area contributed by atoms with E-state index in [2.05, 4.69) is 10.6 Å². The predicted octanol–water partition coefficient (Wildman–Crippen LogP) is 2.64. The molecule has 4 rings (SSSR count). The minimum Gasteiger partial charge on any atom is -0.495 e. The van der Waals surface area contributed by atoms with E-state index in [0.29, 0.717) is 43.1 Å². The van der Waals surface area contributed by atoms with Crippen LogP contribution in [-0.4, -0.2) is 48.4 Å². The molecule has 3 amide bonds. The van der Waals surface area contributed by atoms with Crippen molar-refractivity contribution in [3.8, 4) is 5.75 Å². The van der Waals surface area contributed by atoms with E-state index >= 15 is 0 Å². The van der Waals surface area contributed by atoms with Gasteiger partial charge < -0.3 is 20.3 Å². The number of urea groups is 1. The predicted molar refractivity (Wildman–Crippen MR) is 107 cm³/mol. The minimum atomic E-state index is -0.622.